The number of benzene rings is 3. The summed E-state index contributed by atoms with van der Waals surface area (Å²) in [6.45, 7) is 4.32. The maximum absolute atomic E-state index is 15.1. The molecule has 2 atom stereocenters. The van der Waals surface area contributed by atoms with E-state index in [0.717, 1.165) is 37.3 Å². The van der Waals surface area contributed by atoms with Gasteiger partial charge in [0.2, 0.25) is 0 Å². The van der Waals surface area contributed by atoms with Crippen molar-refractivity contribution in [2.75, 3.05) is 6.61 Å². The Balaban J connectivity index is 1.64. The first kappa shape index (κ1) is 25.4. The highest BCUT2D eigenvalue weighted by Crippen LogP contribution is 2.38. The normalized spacial score (nSPS) is 18.1. The summed E-state index contributed by atoms with van der Waals surface area (Å²) in [5, 5.41) is 0. The van der Waals surface area contributed by atoms with Crippen molar-refractivity contribution < 1.29 is 26.7 Å². The van der Waals surface area contributed by atoms with E-state index < -0.39 is 34.6 Å². The van der Waals surface area contributed by atoms with Crippen LogP contribution < -0.4 is 0 Å². The molecule has 1 heterocycles. The van der Waals surface area contributed by atoms with Crippen LogP contribution in [-0.4, -0.2) is 12.7 Å². The van der Waals surface area contributed by atoms with Crippen molar-refractivity contribution in [1.82, 2.24) is 0 Å². The van der Waals surface area contributed by atoms with E-state index in [9.17, 15) is 8.78 Å². The van der Waals surface area contributed by atoms with Crippen LogP contribution in [0.25, 0.3) is 22.3 Å². The summed E-state index contributed by atoms with van der Waals surface area (Å²) in [6.07, 6.45) is 4.97. The lowest BCUT2D eigenvalue weighted by molar-refractivity contribution is -0.00181. The van der Waals surface area contributed by atoms with E-state index in [2.05, 4.69) is 6.92 Å². The third-order valence-corrected chi connectivity index (χ3v) is 6.77. The van der Waals surface area contributed by atoms with Crippen LogP contribution in [0.5, 0.6) is 0 Å². The van der Waals surface area contributed by atoms with Gasteiger partial charge in [-0.05, 0) is 42.9 Å². The Morgan fingerprint density at radius 1 is 0.714 bits per heavy atom. The zero-order valence-electron chi connectivity index (χ0n) is 19.9. The van der Waals surface area contributed by atoms with Crippen LogP contribution in [0.4, 0.5) is 22.0 Å². The molecule has 0 saturated carbocycles. The predicted octanol–water partition coefficient (Wildman–Crippen LogP) is 8.73. The molecule has 35 heavy (non-hydrogen) atoms. The molecule has 0 spiro atoms. The van der Waals surface area contributed by atoms with Crippen LogP contribution in [0.2, 0.25) is 0 Å². The zero-order valence-corrected chi connectivity index (χ0v) is 19.9. The smallest absolute Gasteiger partial charge is 0.167 e. The summed E-state index contributed by atoms with van der Waals surface area (Å²) >= 11 is 0. The zero-order chi connectivity index (χ0) is 25.1. The van der Waals surface area contributed by atoms with E-state index in [1.54, 1.807) is 6.07 Å². The van der Waals surface area contributed by atoms with E-state index >= 15 is 13.2 Å². The molecule has 1 aliphatic rings. The minimum Gasteiger partial charge on any atom is -0.378 e. The Morgan fingerprint density at radius 2 is 1.31 bits per heavy atom. The fourth-order valence-electron chi connectivity index (χ4n) is 4.88. The Labute approximate surface area is 202 Å². The van der Waals surface area contributed by atoms with Crippen LogP contribution in [0.1, 0.15) is 63.0 Å². The molecule has 1 nitrogen and oxygen atoms in total. The number of rotatable bonds is 7. The summed E-state index contributed by atoms with van der Waals surface area (Å²) in [6, 6.07) is 9.41. The third kappa shape index (κ3) is 5.13. The summed E-state index contributed by atoms with van der Waals surface area (Å²) in [5.74, 6) is -5.94. The maximum Gasteiger partial charge on any atom is 0.167 e. The Morgan fingerprint density at radius 3 is 1.89 bits per heavy atom. The average Bonchev–Trinajstić information content (AvgIpc) is 2.85. The second-order valence-electron chi connectivity index (χ2n) is 9.20. The van der Waals surface area contributed by atoms with E-state index in [-0.39, 0.29) is 34.3 Å². The molecule has 3 aromatic rings. The van der Waals surface area contributed by atoms with Crippen molar-refractivity contribution in [3.05, 3.63) is 82.7 Å². The molecule has 0 aliphatic carbocycles. The van der Waals surface area contributed by atoms with Gasteiger partial charge >= 0.3 is 0 Å². The van der Waals surface area contributed by atoms with E-state index in [4.69, 9.17) is 4.74 Å². The molecule has 0 bridgehead atoms. The van der Waals surface area contributed by atoms with Gasteiger partial charge in [0.1, 0.15) is 5.82 Å². The topological polar surface area (TPSA) is 9.23 Å². The summed E-state index contributed by atoms with van der Waals surface area (Å²) in [7, 11) is 0. The maximum atomic E-state index is 15.1. The first-order chi connectivity index (χ1) is 16.8. The number of ether oxygens (including phenoxy) is 1. The number of hydrogen-bond acceptors (Lipinski definition) is 1. The van der Waals surface area contributed by atoms with Crippen molar-refractivity contribution in [3.8, 4) is 22.3 Å². The molecule has 1 saturated heterocycles. The fourth-order valence-corrected chi connectivity index (χ4v) is 4.88. The summed E-state index contributed by atoms with van der Waals surface area (Å²) in [4.78, 5) is 0. The first-order valence-corrected chi connectivity index (χ1v) is 12.2. The summed E-state index contributed by atoms with van der Waals surface area (Å²) in [5.41, 5.74) is -0.228. The van der Waals surface area contributed by atoms with Crippen LogP contribution in [0, 0.1) is 29.1 Å². The van der Waals surface area contributed by atoms with E-state index in [1.807, 2.05) is 6.92 Å². The lowest BCUT2D eigenvalue weighted by Gasteiger charge is -2.29. The SMILES string of the molecule is CCCc1ccc(-c2ccc(-c3ccc(C4CCC(CCC)OC4)c(F)c3F)c(F)c2F)c(F)c1. The lowest BCUT2D eigenvalue weighted by atomic mass is 9.88. The molecular formula is C29H29F5O. The van der Waals surface area contributed by atoms with Crippen LogP contribution in [0.3, 0.4) is 0 Å². The fraction of sp³-hybridized carbons (Fsp3) is 0.379. The van der Waals surface area contributed by atoms with Gasteiger partial charge in [-0.3, -0.25) is 0 Å². The van der Waals surface area contributed by atoms with Gasteiger partial charge in [0.05, 0.1) is 12.7 Å². The van der Waals surface area contributed by atoms with Gasteiger partial charge in [-0.1, -0.05) is 63.1 Å². The van der Waals surface area contributed by atoms with E-state index in [0.29, 0.717) is 19.4 Å². The molecule has 0 N–H and O–H groups in total. The van der Waals surface area contributed by atoms with Crippen molar-refractivity contribution >= 4 is 0 Å². The van der Waals surface area contributed by atoms with Crippen molar-refractivity contribution in [3.63, 3.8) is 0 Å². The van der Waals surface area contributed by atoms with Gasteiger partial charge in [0.15, 0.2) is 23.3 Å². The van der Waals surface area contributed by atoms with Gasteiger partial charge in [0, 0.05) is 28.2 Å². The number of aryl methyl sites for hydroxylation is 1. The quantitative estimate of drug-likeness (QED) is 0.302. The molecule has 0 radical (unpaired) electrons. The van der Waals surface area contributed by atoms with Gasteiger partial charge in [-0.15, -0.1) is 0 Å². The molecule has 2 unspecified atom stereocenters. The minimum atomic E-state index is -1.35. The van der Waals surface area contributed by atoms with Gasteiger partial charge in [-0.2, -0.15) is 0 Å². The molecule has 3 aromatic carbocycles. The minimum absolute atomic E-state index is 0.0894. The molecule has 0 amide bonds. The van der Waals surface area contributed by atoms with Crippen LogP contribution >= 0.6 is 0 Å². The standard InChI is InChI=1S/C29H29F5O/c1-3-5-17-7-10-21(25(30)15-17)22-13-14-24(29(34)27(22)32)23-12-11-20(26(31)28(23)33)18-8-9-19(6-4-2)35-16-18/h7,10-15,18-19H,3-6,8-9,16H2,1-2H3. The highest BCUT2D eigenvalue weighted by Gasteiger charge is 2.28. The third-order valence-electron chi connectivity index (χ3n) is 6.77. The lowest BCUT2D eigenvalue weighted by Crippen LogP contribution is -2.25. The molecule has 4 rings (SSSR count). The molecule has 1 aliphatic heterocycles. The Hall–Kier alpha value is -2.73. The van der Waals surface area contributed by atoms with E-state index in [1.165, 1.54) is 30.3 Å². The van der Waals surface area contributed by atoms with Crippen LogP contribution in [-0.2, 0) is 11.2 Å². The molecule has 0 aromatic heterocycles. The van der Waals surface area contributed by atoms with Gasteiger partial charge < -0.3 is 4.74 Å². The monoisotopic (exact) mass is 488 g/mol. The number of halogens is 5. The van der Waals surface area contributed by atoms with Crippen molar-refractivity contribution in [2.45, 2.75) is 64.4 Å². The Kier molecular flexibility index (Phi) is 7.90. The largest absolute Gasteiger partial charge is 0.378 e. The highest BCUT2D eigenvalue weighted by molar-refractivity contribution is 5.73. The molecule has 186 valence electrons. The van der Waals surface area contributed by atoms with Gasteiger partial charge in [0.25, 0.3) is 0 Å². The highest BCUT2D eigenvalue weighted by atomic mass is 19.2. The van der Waals surface area contributed by atoms with Crippen molar-refractivity contribution in [2.24, 2.45) is 0 Å². The van der Waals surface area contributed by atoms with Crippen LogP contribution in [0.15, 0.2) is 42.5 Å². The second kappa shape index (κ2) is 10.9. The predicted molar refractivity (Wildman–Crippen MR) is 128 cm³/mol. The molecular weight excluding hydrogens is 459 g/mol. The Bertz CT molecular complexity index is 1200. The molecule has 6 heteroatoms. The average molecular weight is 489 g/mol. The molecule has 1 fully saturated rings. The van der Waals surface area contributed by atoms with Gasteiger partial charge in [-0.25, -0.2) is 22.0 Å². The summed E-state index contributed by atoms with van der Waals surface area (Å²) < 4.78 is 80.5. The first-order valence-electron chi connectivity index (χ1n) is 12.2. The number of hydrogen-bond donors (Lipinski definition) is 0. The van der Waals surface area contributed by atoms with Crippen molar-refractivity contribution in [1.29, 1.82) is 0 Å². The second-order valence-corrected chi connectivity index (χ2v) is 9.20.